The highest BCUT2D eigenvalue weighted by molar-refractivity contribution is 7.14. The van der Waals surface area contributed by atoms with Crippen molar-refractivity contribution in [2.24, 2.45) is 0 Å². The second kappa shape index (κ2) is 8.00. The Bertz CT molecular complexity index is 1290. The van der Waals surface area contributed by atoms with Gasteiger partial charge in [-0.2, -0.15) is 0 Å². The fourth-order valence-electron chi connectivity index (χ4n) is 3.39. The summed E-state index contributed by atoms with van der Waals surface area (Å²) in [5, 5.41) is 34.8. The Labute approximate surface area is 183 Å². The lowest BCUT2D eigenvalue weighted by atomic mass is 9.95. The van der Waals surface area contributed by atoms with Crippen LogP contribution in [-0.2, 0) is 9.59 Å². The summed E-state index contributed by atoms with van der Waals surface area (Å²) >= 11 is 1.08. The summed E-state index contributed by atoms with van der Waals surface area (Å²) in [5.41, 5.74) is -0.498. The van der Waals surface area contributed by atoms with Gasteiger partial charge in [0.1, 0.15) is 5.76 Å². The van der Waals surface area contributed by atoms with Gasteiger partial charge >= 0.3 is 5.91 Å². The van der Waals surface area contributed by atoms with Crippen molar-refractivity contribution in [2.75, 3.05) is 4.90 Å². The first-order chi connectivity index (χ1) is 15.3. The predicted octanol–water partition coefficient (Wildman–Crippen LogP) is 3.59. The third kappa shape index (κ3) is 3.48. The third-order valence-corrected chi connectivity index (χ3v) is 5.59. The quantitative estimate of drug-likeness (QED) is 0.202. The van der Waals surface area contributed by atoms with Gasteiger partial charge in [0.05, 0.1) is 21.5 Å². The number of non-ortho nitro benzene ring substituents is 2. The standard InChI is InChI=1S/C20H12N4O7S/c25-17(11-4-6-13(7-5-11)23(28)29)15-16(12-2-1-3-14(10-12)24(30)31)22(19(27)18(15)26)20-21-8-9-32-20/h1-10,16,25H. The molecule has 1 saturated heterocycles. The van der Waals surface area contributed by atoms with E-state index in [2.05, 4.69) is 4.98 Å². The lowest BCUT2D eigenvalue weighted by Gasteiger charge is -2.22. The van der Waals surface area contributed by atoms with E-state index in [1.807, 2.05) is 0 Å². The molecule has 1 fully saturated rings. The number of Topliss-reactive ketones (excluding diaryl/α,β-unsaturated/α-hetero) is 1. The van der Waals surface area contributed by atoms with Gasteiger partial charge in [0.25, 0.3) is 17.2 Å². The molecule has 12 heteroatoms. The van der Waals surface area contributed by atoms with Crippen LogP contribution in [0.1, 0.15) is 17.2 Å². The Balaban J connectivity index is 1.92. The molecule has 1 unspecified atom stereocenters. The van der Waals surface area contributed by atoms with E-state index in [0.717, 1.165) is 28.4 Å². The Morgan fingerprint density at radius 3 is 2.31 bits per heavy atom. The number of nitro groups is 2. The van der Waals surface area contributed by atoms with Gasteiger partial charge < -0.3 is 5.11 Å². The van der Waals surface area contributed by atoms with Crippen LogP contribution in [-0.4, -0.2) is 31.6 Å². The highest BCUT2D eigenvalue weighted by Crippen LogP contribution is 2.43. The number of benzene rings is 2. The summed E-state index contributed by atoms with van der Waals surface area (Å²) < 4.78 is 0. The fourth-order valence-corrected chi connectivity index (χ4v) is 4.05. The number of nitrogens with zero attached hydrogens (tertiary/aromatic N) is 4. The number of carbonyl (C=O) groups excluding carboxylic acids is 2. The van der Waals surface area contributed by atoms with Crippen molar-refractivity contribution >= 4 is 45.3 Å². The molecule has 1 atom stereocenters. The summed E-state index contributed by atoms with van der Waals surface area (Å²) in [4.78, 5) is 51.9. The van der Waals surface area contributed by atoms with Crippen LogP contribution in [0.2, 0.25) is 0 Å². The summed E-state index contributed by atoms with van der Waals surface area (Å²) in [6, 6.07) is 8.97. The zero-order chi connectivity index (χ0) is 23.0. The van der Waals surface area contributed by atoms with Gasteiger partial charge in [0.2, 0.25) is 0 Å². The predicted molar refractivity (Wildman–Crippen MR) is 113 cm³/mol. The topological polar surface area (TPSA) is 157 Å². The molecule has 1 aliphatic heterocycles. The first-order valence-electron chi connectivity index (χ1n) is 8.99. The largest absolute Gasteiger partial charge is 0.507 e. The minimum absolute atomic E-state index is 0.0724. The number of amides is 1. The Hall–Kier alpha value is -4.45. The first kappa shape index (κ1) is 20.8. The molecule has 0 saturated carbocycles. The number of aromatic nitrogens is 1. The number of aliphatic hydroxyl groups excluding tert-OH is 1. The number of hydrogen-bond acceptors (Lipinski definition) is 9. The van der Waals surface area contributed by atoms with Gasteiger partial charge in [-0.15, -0.1) is 11.3 Å². The van der Waals surface area contributed by atoms with Crippen LogP contribution in [0, 0.1) is 20.2 Å². The van der Waals surface area contributed by atoms with Crippen molar-refractivity contribution in [3.63, 3.8) is 0 Å². The molecular formula is C20H12N4O7S. The van der Waals surface area contributed by atoms with E-state index in [-0.39, 0.29) is 33.2 Å². The van der Waals surface area contributed by atoms with Crippen molar-refractivity contribution in [2.45, 2.75) is 6.04 Å². The number of carbonyl (C=O) groups is 2. The van der Waals surface area contributed by atoms with Gasteiger partial charge in [0, 0.05) is 41.4 Å². The number of ketones is 1. The summed E-state index contributed by atoms with van der Waals surface area (Å²) in [6.07, 6.45) is 1.43. The Kier molecular flexibility index (Phi) is 5.20. The molecule has 1 aromatic heterocycles. The molecule has 1 N–H and O–H groups in total. The molecule has 2 aromatic carbocycles. The molecule has 0 radical (unpaired) electrons. The van der Waals surface area contributed by atoms with Gasteiger partial charge in [0.15, 0.2) is 5.13 Å². The van der Waals surface area contributed by atoms with Gasteiger partial charge in [-0.25, -0.2) is 4.98 Å². The average molecular weight is 452 g/mol. The monoisotopic (exact) mass is 452 g/mol. The Morgan fingerprint density at radius 1 is 1.03 bits per heavy atom. The van der Waals surface area contributed by atoms with Crippen LogP contribution in [0.25, 0.3) is 5.76 Å². The summed E-state index contributed by atoms with van der Waals surface area (Å²) in [6.45, 7) is 0. The van der Waals surface area contributed by atoms with Gasteiger partial charge in [-0.3, -0.25) is 34.7 Å². The van der Waals surface area contributed by atoms with Crippen molar-refractivity contribution in [1.29, 1.82) is 0 Å². The number of anilines is 1. The third-order valence-electron chi connectivity index (χ3n) is 4.82. The maximum Gasteiger partial charge on any atom is 0.301 e. The molecule has 32 heavy (non-hydrogen) atoms. The average Bonchev–Trinajstić information content (AvgIpc) is 3.40. The summed E-state index contributed by atoms with van der Waals surface area (Å²) in [5.74, 6) is -2.53. The molecule has 3 aromatic rings. The zero-order valence-corrected chi connectivity index (χ0v) is 16.8. The van der Waals surface area contributed by atoms with Crippen molar-refractivity contribution in [1.82, 2.24) is 4.98 Å². The molecular weight excluding hydrogens is 440 g/mol. The van der Waals surface area contributed by atoms with E-state index in [4.69, 9.17) is 0 Å². The van der Waals surface area contributed by atoms with E-state index < -0.39 is 33.3 Å². The SMILES string of the molecule is O=C1C(=O)N(c2nccs2)C(c2cccc([N+](=O)[O-])c2)C1=C(O)c1ccc([N+](=O)[O-])cc1. The second-order valence-electron chi connectivity index (χ2n) is 6.64. The maximum absolute atomic E-state index is 12.9. The highest BCUT2D eigenvalue weighted by Gasteiger charge is 2.48. The number of aliphatic hydroxyl groups is 1. The maximum atomic E-state index is 12.9. The molecule has 1 amide bonds. The number of hydrogen-bond donors (Lipinski definition) is 1. The highest BCUT2D eigenvalue weighted by atomic mass is 32.1. The molecule has 0 spiro atoms. The second-order valence-corrected chi connectivity index (χ2v) is 7.51. The van der Waals surface area contributed by atoms with Crippen molar-refractivity contribution in [3.05, 3.63) is 97.0 Å². The number of nitro benzene ring substituents is 2. The zero-order valence-electron chi connectivity index (χ0n) is 15.9. The molecule has 160 valence electrons. The van der Waals surface area contributed by atoms with E-state index in [9.17, 15) is 34.9 Å². The molecule has 1 aliphatic rings. The minimum atomic E-state index is -1.18. The van der Waals surface area contributed by atoms with E-state index >= 15 is 0 Å². The van der Waals surface area contributed by atoms with Crippen molar-refractivity contribution in [3.8, 4) is 0 Å². The molecule has 0 bridgehead atoms. The minimum Gasteiger partial charge on any atom is -0.507 e. The lowest BCUT2D eigenvalue weighted by Crippen LogP contribution is -2.29. The molecule has 4 rings (SSSR count). The number of thiazole rings is 1. The smallest absolute Gasteiger partial charge is 0.301 e. The van der Waals surface area contributed by atoms with Crippen LogP contribution in [0.4, 0.5) is 16.5 Å². The normalized spacial score (nSPS) is 17.5. The van der Waals surface area contributed by atoms with E-state index in [0.29, 0.717) is 0 Å². The Morgan fingerprint density at radius 2 is 1.72 bits per heavy atom. The van der Waals surface area contributed by atoms with E-state index in [1.54, 1.807) is 5.38 Å². The lowest BCUT2D eigenvalue weighted by molar-refractivity contribution is -0.385. The van der Waals surface area contributed by atoms with Crippen LogP contribution in [0.5, 0.6) is 0 Å². The van der Waals surface area contributed by atoms with Crippen LogP contribution in [0.15, 0.2) is 65.7 Å². The number of rotatable bonds is 5. The van der Waals surface area contributed by atoms with Crippen molar-refractivity contribution < 1.29 is 24.5 Å². The molecule has 11 nitrogen and oxygen atoms in total. The van der Waals surface area contributed by atoms with Crippen LogP contribution in [0.3, 0.4) is 0 Å². The van der Waals surface area contributed by atoms with Crippen LogP contribution < -0.4 is 4.90 Å². The van der Waals surface area contributed by atoms with Crippen LogP contribution >= 0.6 is 11.3 Å². The molecule has 0 aliphatic carbocycles. The van der Waals surface area contributed by atoms with Gasteiger partial charge in [-0.05, 0) is 17.7 Å². The summed E-state index contributed by atoms with van der Waals surface area (Å²) in [7, 11) is 0. The molecule has 2 heterocycles. The van der Waals surface area contributed by atoms with Gasteiger partial charge in [-0.1, -0.05) is 12.1 Å². The van der Waals surface area contributed by atoms with E-state index in [1.165, 1.54) is 42.6 Å². The first-order valence-corrected chi connectivity index (χ1v) is 9.87. The fraction of sp³-hybridized carbons (Fsp3) is 0.0500.